The van der Waals surface area contributed by atoms with E-state index in [1.54, 1.807) is 0 Å². The van der Waals surface area contributed by atoms with E-state index in [9.17, 15) is 0 Å². The average molecular weight is 471 g/mol. The van der Waals surface area contributed by atoms with E-state index in [0.29, 0.717) is 0 Å². The maximum atomic E-state index is 4.76. The summed E-state index contributed by atoms with van der Waals surface area (Å²) in [5.74, 6) is 9.58. The van der Waals surface area contributed by atoms with Crippen LogP contribution < -0.4 is 0 Å². The lowest BCUT2D eigenvalue weighted by molar-refractivity contribution is 0.833. The molecule has 0 radical (unpaired) electrons. The van der Waals surface area contributed by atoms with Crippen molar-refractivity contribution in [1.29, 1.82) is 0 Å². The Morgan fingerprint density at radius 1 is 0.581 bits per heavy atom. The Balaban J connectivity index is 1.04. The van der Waals surface area contributed by atoms with Crippen molar-refractivity contribution in [2.45, 2.75) is 12.8 Å². The van der Waals surface area contributed by atoms with Crippen LogP contribution in [0.3, 0.4) is 0 Å². The molecule has 0 bridgehead atoms. The van der Waals surface area contributed by atoms with Gasteiger partial charge in [0.1, 0.15) is 11.6 Å². The molecule has 2 heterocycles. The van der Waals surface area contributed by atoms with Crippen LogP contribution in [0.25, 0.3) is 22.1 Å². The SMILES string of the molecule is Cn1c(CCSCCSCCSCCc2nc3ccccc3n2C)nc2ccccc21. The number of nitrogens with zero attached hydrogens (tertiary/aromatic N) is 4. The predicted octanol–water partition coefficient (Wildman–Crippen LogP) is 5.44. The van der Waals surface area contributed by atoms with Gasteiger partial charge in [-0.25, -0.2) is 9.97 Å². The third kappa shape index (κ3) is 5.82. The van der Waals surface area contributed by atoms with Gasteiger partial charge in [0.15, 0.2) is 0 Å². The number of aryl methyl sites for hydroxylation is 4. The molecule has 0 unspecified atom stereocenters. The Morgan fingerprint density at radius 3 is 1.39 bits per heavy atom. The number of fused-ring (bicyclic) bond motifs is 2. The highest BCUT2D eigenvalue weighted by atomic mass is 32.2. The zero-order valence-electron chi connectivity index (χ0n) is 18.3. The second-order valence-corrected chi connectivity index (χ2v) is 11.2. The highest BCUT2D eigenvalue weighted by Gasteiger charge is 2.07. The molecular weight excluding hydrogens is 440 g/mol. The summed E-state index contributed by atoms with van der Waals surface area (Å²) in [6, 6.07) is 16.8. The number of aromatic nitrogens is 4. The van der Waals surface area contributed by atoms with Crippen LogP contribution in [-0.2, 0) is 26.9 Å². The molecule has 7 heteroatoms. The van der Waals surface area contributed by atoms with Crippen molar-refractivity contribution < 1.29 is 0 Å². The third-order valence-corrected chi connectivity index (χ3v) is 8.92. The van der Waals surface area contributed by atoms with E-state index in [0.717, 1.165) is 35.4 Å². The molecule has 4 nitrogen and oxygen atoms in total. The minimum atomic E-state index is 1.04. The fourth-order valence-electron chi connectivity index (χ4n) is 3.71. The number of rotatable bonds is 12. The first-order chi connectivity index (χ1) is 15.2. The summed E-state index contributed by atoms with van der Waals surface area (Å²) in [6.45, 7) is 0. The van der Waals surface area contributed by atoms with Crippen LogP contribution >= 0.6 is 35.3 Å². The van der Waals surface area contributed by atoms with E-state index < -0.39 is 0 Å². The molecule has 0 aliphatic rings. The predicted molar refractivity (Wildman–Crippen MR) is 141 cm³/mol. The second kappa shape index (κ2) is 11.3. The minimum absolute atomic E-state index is 1.04. The average Bonchev–Trinajstić information content (AvgIpc) is 3.29. The summed E-state index contributed by atoms with van der Waals surface area (Å²) in [5.41, 5.74) is 4.67. The maximum absolute atomic E-state index is 4.76. The van der Waals surface area contributed by atoms with Gasteiger partial charge < -0.3 is 9.13 Å². The largest absolute Gasteiger partial charge is 0.331 e. The summed E-state index contributed by atoms with van der Waals surface area (Å²) >= 11 is 6.16. The van der Waals surface area contributed by atoms with Gasteiger partial charge in [0, 0.05) is 61.5 Å². The highest BCUT2D eigenvalue weighted by molar-refractivity contribution is 8.04. The topological polar surface area (TPSA) is 35.6 Å². The van der Waals surface area contributed by atoms with Gasteiger partial charge in [-0.1, -0.05) is 24.3 Å². The molecule has 0 amide bonds. The van der Waals surface area contributed by atoms with E-state index in [4.69, 9.17) is 9.97 Å². The summed E-state index contributed by atoms with van der Waals surface area (Å²) in [4.78, 5) is 9.53. The van der Waals surface area contributed by atoms with Crippen molar-refractivity contribution in [3.8, 4) is 0 Å². The standard InChI is InChI=1S/C24H30N4S3/c1-27-21-9-5-3-7-19(21)25-23(27)11-13-29-15-17-31-18-16-30-14-12-24-26-20-8-4-6-10-22(20)28(24)2/h3-10H,11-18H2,1-2H3. The number of thioether (sulfide) groups is 3. The molecule has 31 heavy (non-hydrogen) atoms. The van der Waals surface area contributed by atoms with Crippen LogP contribution in [0.15, 0.2) is 48.5 Å². The smallest absolute Gasteiger partial charge is 0.110 e. The normalized spacial score (nSPS) is 11.7. The molecule has 0 aliphatic heterocycles. The third-order valence-electron chi connectivity index (χ3n) is 5.44. The Kier molecular flexibility index (Phi) is 8.27. The van der Waals surface area contributed by atoms with Crippen molar-refractivity contribution in [2.75, 3.05) is 34.5 Å². The molecule has 0 N–H and O–H groups in total. The molecule has 0 spiro atoms. The first kappa shape index (κ1) is 22.6. The fraction of sp³-hybridized carbons (Fsp3) is 0.417. The lowest BCUT2D eigenvalue weighted by atomic mass is 10.3. The van der Waals surface area contributed by atoms with Gasteiger partial charge in [-0.3, -0.25) is 0 Å². The fourth-order valence-corrected chi connectivity index (χ4v) is 6.86. The van der Waals surface area contributed by atoms with Crippen LogP contribution in [-0.4, -0.2) is 53.6 Å². The van der Waals surface area contributed by atoms with Crippen LogP contribution in [0, 0.1) is 0 Å². The summed E-state index contributed by atoms with van der Waals surface area (Å²) in [5, 5.41) is 0. The zero-order valence-corrected chi connectivity index (χ0v) is 20.7. The zero-order chi connectivity index (χ0) is 21.5. The maximum Gasteiger partial charge on any atom is 0.110 e. The van der Waals surface area contributed by atoms with Crippen LogP contribution in [0.2, 0.25) is 0 Å². The number of hydrogen-bond acceptors (Lipinski definition) is 5. The van der Waals surface area contributed by atoms with Gasteiger partial charge in [0.2, 0.25) is 0 Å². The van der Waals surface area contributed by atoms with Gasteiger partial charge in [0.05, 0.1) is 22.1 Å². The molecule has 4 rings (SSSR count). The molecular formula is C24H30N4S3. The quantitative estimate of drug-likeness (QED) is 0.258. The number of hydrogen-bond donors (Lipinski definition) is 0. The Bertz CT molecular complexity index is 1030. The van der Waals surface area contributed by atoms with Gasteiger partial charge in [0.25, 0.3) is 0 Å². The molecule has 2 aromatic heterocycles. The lowest BCUT2D eigenvalue weighted by Crippen LogP contribution is -2.01. The van der Waals surface area contributed by atoms with E-state index in [1.807, 2.05) is 23.5 Å². The highest BCUT2D eigenvalue weighted by Crippen LogP contribution is 2.18. The summed E-state index contributed by atoms with van der Waals surface area (Å²) < 4.78 is 4.46. The number of benzene rings is 2. The Labute approximate surface area is 197 Å². The van der Waals surface area contributed by atoms with Crippen molar-refractivity contribution in [2.24, 2.45) is 14.1 Å². The second-order valence-electron chi connectivity index (χ2n) is 7.49. The van der Waals surface area contributed by atoms with Crippen molar-refractivity contribution in [3.63, 3.8) is 0 Å². The van der Waals surface area contributed by atoms with Gasteiger partial charge in [-0.2, -0.15) is 35.3 Å². The molecule has 164 valence electrons. The first-order valence-electron chi connectivity index (χ1n) is 10.8. The molecule has 0 saturated carbocycles. The molecule has 4 aromatic rings. The monoisotopic (exact) mass is 470 g/mol. The molecule has 0 aliphatic carbocycles. The van der Waals surface area contributed by atoms with Crippen LogP contribution in [0.5, 0.6) is 0 Å². The number of imidazole rings is 2. The Hall–Kier alpha value is -1.57. The molecule has 0 fully saturated rings. The molecule has 0 saturated heterocycles. The van der Waals surface area contributed by atoms with Crippen molar-refractivity contribution in [1.82, 2.24) is 19.1 Å². The number of para-hydroxylation sites is 4. The van der Waals surface area contributed by atoms with Crippen LogP contribution in [0.4, 0.5) is 0 Å². The lowest BCUT2D eigenvalue weighted by Gasteiger charge is -2.04. The van der Waals surface area contributed by atoms with E-state index >= 15 is 0 Å². The van der Waals surface area contributed by atoms with E-state index in [-0.39, 0.29) is 0 Å². The van der Waals surface area contributed by atoms with Gasteiger partial charge in [-0.15, -0.1) is 0 Å². The van der Waals surface area contributed by atoms with Crippen molar-refractivity contribution in [3.05, 3.63) is 60.2 Å². The van der Waals surface area contributed by atoms with Crippen molar-refractivity contribution >= 4 is 57.4 Å². The van der Waals surface area contributed by atoms with Crippen LogP contribution in [0.1, 0.15) is 11.6 Å². The van der Waals surface area contributed by atoms with E-state index in [2.05, 4.69) is 83.5 Å². The van der Waals surface area contributed by atoms with Gasteiger partial charge >= 0.3 is 0 Å². The molecule has 0 atom stereocenters. The molecule has 2 aromatic carbocycles. The first-order valence-corrected chi connectivity index (χ1v) is 14.2. The van der Waals surface area contributed by atoms with Gasteiger partial charge in [-0.05, 0) is 24.3 Å². The summed E-state index contributed by atoms with van der Waals surface area (Å²) in [7, 11) is 4.25. The minimum Gasteiger partial charge on any atom is -0.331 e. The summed E-state index contributed by atoms with van der Waals surface area (Å²) in [6.07, 6.45) is 2.08. The van der Waals surface area contributed by atoms with E-state index in [1.165, 1.54) is 45.7 Å². The Morgan fingerprint density at radius 2 is 0.968 bits per heavy atom.